The van der Waals surface area contributed by atoms with Gasteiger partial charge >= 0.3 is 12.2 Å². The van der Waals surface area contributed by atoms with Gasteiger partial charge in [-0.1, -0.05) is 18.2 Å². The maximum Gasteiger partial charge on any atom is 0.514 e. The molecule has 2 amide bonds. The standard InChI is InChI=1S/C18H19NO7/c1-18(2,3)26-17(22)25-12-9-8-11(10-14(12)23-4)6-5-7-13-15(20)19-16(21)24-13/h5-10H,1-4H3,(H,19,20,21)/b6-5+,13-7-. The smallest absolute Gasteiger partial charge is 0.493 e. The number of hydrogen-bond donors (Lipinski definition) is 1. The number of benzene rings is 1. The van der Waals surface area contributed by atoms with E-state index in [1.807, 2.05) is 5.32 Å². The van der Waals surface area contributed by atoms with Gasteiger partial charge in [0, 0.05) is 0 Å². The van der Waals surface area contributed by atoms with Crippen LogP contribution in [0.15, 0.2) is 36.1 Å². The van der Waals surface area contributed by atoms with Crippen molar-refractivity contribution in [3.05, 3.63) is 41.7 Å². The van der Waals surface area contributed by atoms with Gasteiger partial charge in [-0.05, 0) is 44.5 Å². The van der Waals surface area contributed by atoms with E-state index in [9.17, 15) is 14.4 Å². The fraction of sp³-hybridized carbons (Fsp3) is 0.278. The van der Waals surface area contributed by atoms with Crippen LogP contribution in [-0.4, -0.2) is 30.9 Å². The largest absolute Gasteiger partial charge is 0.514 e. The van der Waals surface area contributed by atoms with E-state index in [0.29, 0.717) is 11.3 Å². The molecule has 0 radical (unpaired) electrons. The number of nitrogens with one attached hydrogen (secondary N) is 1. The maximum absolute atomic E-state index is 11.8. The van der Waals surface area contributed by atoms with E-state index >= 15 is 0 Å². The van der Waals surface area contributed by atoms with Gasteiger partial charge < -0.3 is 18.9 Å². The van der Waals surface area contributed by atoms with Crippen molar-refractivity contribution in [1.82, 2.24) is 5.32 Å². The van der Waals surface area contributed by atoms with Crippen LogP contribution in [0.1, 0.15) is 26.3 Å². The molecule has 1 aromatic rings. The molecule has 1 aromatic carbocycles. The molecule has 2 rings (SSSR count). The van der Waals surface area contributed by atoms with Gasteiger partial charge in [-0.2, -0.15) is 0 Å². The first-order valence-electron chi connectivity index (χ1n) is 7.68. The highest BCUT2D eigenvalue weighted by Crippen LogP contribution is 2.29. The zero-order valence-corrected chi connectivity index (χ0v) is 14.8. The monoisotopic (exact) mass is 361 g/mol. The third-order valence-electron chi connectivity index (χ3n) is 2.95. The van der Waals surface area contributed by atoms with Gasteiger partial charge in [0.05, 0.1) is 7.11 Å². The molecule has 8 heteroatoms. The third-order valence-corrected chi connectivity index (χ3v) is 2.95. The molecular formula is C18H19NO7. The molecule has 138 valence electrons. The van der Waals surface area contributed by atoms with Gasteiger partial charge in [0.15, 0.2) is 17.3 Å². The minimum absolute atomic E-state index is 0.0944. The van der Waals surface area contributed by atoms with Crippen LogP contribution in [0.3, 0.4) is 0 Å². The molecule has 1 aliphatic rings. The lowest BCUT2D eigenvalue weighted by molar-refractivity contribution is -0.116. The minimum Gasteiger partial charge on any atom is -0.493 e. The Hall–Kier alpha value is -3.29. The lowest BCUT2D eigenvalue weighted by Crippen LogP contribution is -2.26. The summed E-state index contributed by atoms with van der Waals surface area (Å²) in [5, 5.41) is 1.99. The molecule has 1 heterocycles. The second-order valence-electron chi connectivity index (χ2n) is 6.21. The topological polar surface area (TPSA) is 100 Å². The van der Waals surface area contributed by atoms with Crippen LogP contribution in [0.4, 0.5) is 9.59 Å². The van der Waals surface area contributed by atoms with Crippen LogP contribution in [0, 0.1) is 0 Å². The Kier molecular flexibility index (Phi) is 5.66. The number of amides is 2. The molecule has 0 bridgehead atoms. The number of cyclic esters (lactones) is 1. The first-order chi connectivity index (χ1) is 12.2. The minimum atomic E-state index is -0.835. The molecular weight excluding hydrogens is 342 g/mol. The van der Waals surface area contributed by atoms with E-state index < -0.39 is 23.8 Å². The highest BCUT2D eigenvalue weighted by molar-refractivity contribution is 6.07. The summed E-state index contributed by atoms with van der Waals surface area (Å²) in [5.74, 6) is -0.154. The summed E-state index contributed by atoms with van der Waals surface area (Å²) in [5.41, 5.74) is 0.0381. The zero-order valence-electron chi connectivity index (χ0n) is 14.8. The lowest BCUT2D eigenvalue weighted by atomic mass is 10.2. The van der Waals surface area contributed by atoms with Gasteiger partial charge in [0.25, 0.3) is 5.91 Å². The van der Waals surface area contributed by atoms with Crippen LogP contribution in [0.2, 0.25) is 0 Å². The number of imide groups is 1. The number of carbonyl (C=O) groups excluding carboxylic acids is 3. The van der Waals surface area contributed by atoms with Crippen molar-refractivity contribution in [1.29, 1.82) is 0 Å². The lowest BCUT2D eigenvalue weighted by Gasteiger charge is -2.19. The maximum atomic E-state index is 11.8. The second-order valence-corrected chi connectivity index (χ2v) is 6.21. The van der Waals surface area contributed by atoms with E-state index in [1.165, 1.54) is 19.3 Å². The molecule has 1 aliphatic heterocycles. The molecule has 0 aliphatic carbocycles. The van der Waals surface area contributed by atoms with E-state index in [1.54, 1.807) is 45.0 Å². The van der Waals surface area contributed by atoms with E-state index in [4.69, 9.17) is 14.2 Å². The molecule has 0 unspecified atom stereocenters. The summed E-state index contributed by atoms with van der Waals surface area (Å²) in [7, 11) is 1.44. The van der Waals surface area contributed by atoms with Crippen LogP contribution < -0.4 is 14.8 Å². The number of allylic oxidation sites excluding steroid dienone is 2. The third kappa shape index (κ3) is 5.37. The SMILES string of the molecule is COc1cc(/C=C/C=C2\OC(=O)NC2=O)ccc1OC(=O)OC(C)(C)C. The summed E-state index contributed by atoms with van der Waals surface area (Å²) in [6.45, 7) is 5.20. The van der Waals surface area contributed by atoms with Gasteiger partial charge in [-0.15, -0.1) is 0 Å². The molecule has 0 saturated carbocycles. The molecule has 0 spiro atoms. The van der Waals surface area contributed by atoms with E-state index in [2.05, 4.69) is 4.74 Å². The first kappa shape index (κ1) is 19.0. The molecule has 8 nitrogen and oxygen atoms in total. The van der Waals surface area contributed by atoms with Crippen LogP contribution in [-0.2, 0) is 14.3 Å². The van der Waals surface area contributed by atoms with Crippen molar-refractivity contribution >= 4 is 24.2 Å². The normalized spacial score (nSPS) is 15.8. The average Bonchev–Trinajstić information content (AvgIpc) is 2.84. The Balaban J connectivity index is 2.09. The summed E-state index contributed by atoms with van der Waals surface area (Å²) < 4.78 is 20.1. The van der Waals surface area contributed by atoms with Crippen molar-refractivity contribution in [2.75, 3.05) is 7.11 Å². The Morgan fingerprint density at radius 1 is 1.19 bits per heavy atom. The fourth-order valence-electron chi connectivity index (χ4n) is 1.92. The molecule has 1 saturated heterocycles. The highest BCUT2D eigenvalue weighted by atomic mass is 16.7. The predicted molar refractivity (Wildman–Crippen MR) is 91.6 cm³/mol. The fourth-order valence-corrected chi connectivity index (χ4v) is 1.92. The van der Waals surface area contributed by atoms with E-state index in [0.717, 1.165) is 0 Å². The zero-order chi connectivity index (χ0) is 19.3. The van der Waals surface area contributed by atoms with Crippen molar-refractivity contribution < 1.29 is 33.3 Å². The Labute approximate surface area is 150 Å². The predicted octanol–water partition coefficient (Wildman–Crippen LogP) is 3.17. The average molecular weight is 361 g/mol. The summed E-state index contributed by atoms with van der Waals surface area (Å²) in [6, 6.07) is 4.87. The van der Waals surface area contributed by atoms with Crippen LogP contribution in [0.5, 0.6) is 11.5 Å². The molecule has 0 aromatic heterocycles. The Morgan fingerprint density at radius 2 is 1.92 bits per heavy atom. The Bertz CT molecular complexity index is 787. The molecule has 1 fully saturated rings. The van der Waals surface area contributed by atoms with Crippen LogP contribution >= 0.6 is 0 Å². The number of hydrogen-bond acceptors (Lipinski definition) is 7. The highest BCUT2D eigenvalue weighted by Gasteiger charge is 2.25. The quantitative estimate of drug-likeness (QED) is 0.499. The number of ether oxygens (including phenoxy) is 4. The van der Waals surface area contributed by atoms with Gasteiger partial charge in [0.2, 0.25) is 0 Å². The Morgan fingerprint density at radius 3 is 2.50 bits per heavy atom. The number of methoxy groups -OCH3 is 1. The number of carbonyl (C=O) groups is 3. The summed E-state index contributed by atoms with van der Waals surface area (Å²) in [4.78, 5) is 34.0. The van der Waals surface area contributed by atoms with Crippen molar-refractivity contribution in [3.63, 3.8) is 0 Å². The number of alkyl carbamates (subject to hydrolysis) is 1. The molecule has 0 atom stereocenters. The van der Waals surface area contributed by atoms with Crippen molar-refractivity contribution in [2.24, 2.45) is 0 Å². The first-order valence-corrected chi connectivity index (χ1v) is 7.68. The molecule has 26 heavy (non-hydrogen) atoms. The van der Waals surface area contributed by atoms with Gasteiger partial charge in [-0.25, -0.2) is 9.59 Å². The van der Waals surface area contributed by atoms with E-state index in [-0.39, 0.29) is 11.5 Å². The second kappa shape index (κ2) is 7.73. The molecule has 1 N–H and O–H groups in total. The van der Waals surface area contributed by atoms with Gasteiger partial charge in [0.1, 0.15) is 5.60 Å². The van der Waals surface area contributed by atoms with Crippen molar-refractivity contribution in [3.8, 4) is 11.5 Å². The van der Waals surface area contributed by atoms with Gasteiger partial charge in [-0.3, -0.25) is 10.1 Å². The van der Waals surface area contributed by atoms with Crippen LogP contribution in [0.25, 0.3) is 6.08 Å². The number of rotatable bonds is 4. The summed E-state index contributed by atoms with van der Waals surface area (Å²) >= 11 is 0. The summed E-state index contributed by atoms with van der Waals surface area (Å²) in [6.07, 6.45) is 2.92. The van der Waals surface area contributed by atoms with Crippen molar-refractivity contribution in [2.45, 2.75) is 26.4 Å².